The van der Waals surface area contributed by atoms with Crippen molar-refractivity contribution in [2.75, 3.05) is 47.4 Å². The third kappa shape index (κ3) is 3.20. The number of carbonyl (C=O) groups excluding carboxylic acids is 1. The molecule has 0 saturated carbocycles. The molecule has 4 rings (SSSR count). The maximum absolute atomic E-state index is 13.4. The Bertz CT molecular complexity index is 898. The first-order chi connectivity index (χ1) is 13.5. The Hall–Kier alpha value is -2.67. The molecule has 2 N–H and O–H groups in total. The number of hydrogen-bond donors (Lipinski definition) is 1. The molecule has 0 unspecified atom stereocenters. The first-order valence-corrected chi connectivity index (χ1v) is 10.0. The molecular weight excluding hydrogens is 352 g/mol. The summed E-state index contributed by atoms with van der Waals surface area (Å²) in [4.78, 5) is 28.9. The number of rotatable bonds is 3. The Balaban J connectivity index is 1.70. The maximum Gasteiger partial charge on any atom is 0.296 e. The molecule has 1 saturated heterocycles. The first-order valence-electron chi connectivity index (χ1n) is 10.0. The average Bonchev–Trinajstić information content (AvgIpc) is 3.14. The lowest BCUT2D eigenvalue weighted by atomic mass is 10.1. The van der Waals surface area contributed by atoms with E-state index in [1.54, 1.807) is 0 Å². The van der Waals surface area contributed by atoms with Crippen molar-refractivity contribution in [2.24, 2.45) is 5.73 Å². The van der Waals surface area contributed by atoms with Gasteiger partial charge in [-0.3, -0.25) is 4.79 Å². The predicted octanol–water partition coefficient (Wildman–Crippen LogP) is 2.12. The number of fused-ring (bicyclic) bond motifs is 1. The Morgan fingerprint density at radius 2 is 1.89 bits per heavy atom. The van der Waals surface area contributed by atoms with Crippen molar-refractivity contribution in [3.63, 3.8) is 0 Å². The van der Waals surface area contributed by atoms with E-state index in [4.69, 9.17) is 10.7 Å². The van der Waals surface area contributed by atoms with Gasteiger partial charge in [-0.2, -0.15) is 0 Å². The number of carbonyl (C=O) groups is 1. The van der Waals surface area contributed by atoms with Gasteiger partial charge in [0.2, 0.25) is 5.82 Å². The number of nitrogens with two attached hydrogens (primary N) is 1. The molecule has 2 aromatic rings. The van der Waals surface area contributed by atoms with Crippen LogP contribution in [-0.4, -0.2) is 54.6 Å². The third-order valence-corrected chi connectivity index (χ3v) is 5.81. The van der Waals surface area contributed by atoms with Gasteiger partial charge in [0.15, 0.2) is 0 Å². The Kier molecular flexibility index (Phi) is 4.93. The van der Waals surface area contributed by atoms with E-state index in [2.05, 4.69) is 27.8 Å². The monoisotopic (exact) mass is 380 g/mol. The summed E-state index contributed by atoms with van der Waals surface area (Å²) in [5.41, 5.74) is 9.94. The van der Waals surface area contributed by atoms with Gasteiger partial charge in [0, 0.05) is 50.0 Å². The summed E-state index contributed by atoms with van der Waals surface area (Å²) in [5.74, 6) is 0.957. The second-order valence-corrected chi connectivity index (χ2v) is 7.60. The van der Waals surface area contributed by atoms with Crippen molar-refractivity contribution in [1.82, 2.24) is 9.97 Å². The molecule has 0 aliphatic carbocycles. The van der Waals surface area contributed by atoms with Gasteiger partial charge in [-0.1, -0.05) is 12.1 Å². The van der Waals surface area contributed by atoms with Gasteiger partial charge >= 0.3 is 0 Å². The molecule has 0 bridgehead atoms. The predicted molar refractivity (Wildman–Crippen MR) is 112 cm³/mol. The van der Waals surface area contributed by atoms with Crippen LogP contribution >= 0.6 is 0 Å². The van der Waals surface area contributed by atoms with Crippen LogP contribution in [-0.2, 0) is 0 Å². The van der Waals surface area contributed by atoms with Crippen LogP contribution in [0.15, 0.2) is 24.3 Å². The molecular formula is C21H28N6O. The summed E-state index contributed by atoms with van der Waals surface area (Å²) in [6, 6.07) is 8.20. The van der Waals surface area contributed by atoms with Crippen molar-refractivity contribution in [1.29, 1.82) is 0 Å². The molecule has 3 heterocycles. The summed E-state index contributed by atoms with van der Waals surface area (Å²) in [5, 5.41) is 0. The third-order valence-electron chi connectivity index (χ3n) is 5.81. The smallest absolute Gasteiger partial charge is 0.296 e. The molecule has 7 heteroatoms. The lowest BCUT2D eigenvalue weighted by Gasteiger charge is -2.37. The molecule has 148 valence electrons. The summed E-state index contributed by atoms with van der Waals surface area (Å²) in [6.45, 7) is 10.1. The van der Waals surface area contributed by atoms with Gasteiger partial charge in [0.05, 0.1) is 11.4 Å². The number of anilines is 3. The first kappa shape index (κ1) is 18.7. The molecule has 1 fully saturated rings. The van der Waals surface area contributed by atoms with Crippen LogP contribution in [0.5, 0.6) is 0 Å². The van der Waals surface area contributed by atoms with Gasteiger partial charge in [-0.15, -0.1) is 0 Å². The van der Waals surface area contributed by atoms with Gasteiger partial charge in [0.1, 0.15) is 5.82 Å². The quantitative estimate of drug-likeness (QED) is 0.879. The summed E-state index contributed by atoms with van der Waals surface area (Å²) >= 11 is 0. The van der Waals surface area contributed by atoms with Crippen LogP contribution in [0, 0.1) is 13.8 Å². The topological polar surface area (TPSA) is 78.6 Å². The van der Waals surface area contributed by atoms with E-state index in [-0.39, 0.29) is 17.8 Å². The molecule has 7 nitrogen and oxygen atoms in total. The minimum absolute atomic E-state index is 0.143. The van der Waals surface area contributed by atoms with E-state index in [0.717, 1.165) is 61.0 Å². The fourth-order valence-corrected chi connectivity index (χ4v) is 4.08. The molecule has 1 aromatic carbocycles. The van der Waals surface area contributed by atoms with Crippen LogP contribution in [0.25, 0.3) is 0 Å². The molecule has 1 aromatic heterocycles. The minimum Gasteiger partial charge on any atom is -0.368 e. The number of aryl methyl sites for hydroxylation is 1. The number of para-hydroxylation sites is 2. The zero-order valence-electron chi connectivity index (χ0n) is 16.9. The number of nitrogens with zero attached hydrogens (tertiary/aromatic N) is 5. The lowest BCUT2D eigenvalue weighted by molar-refractivity contribution is 0.0976. The van der Waals surface area contributed by atoms with E-state index in [1.807, 2.05) is 36.9 Å². The summed E-state index contributed by atoms with van der Waals surface area (Å²) < 4.78 is 0. The molecule has 28 heavy (non-hydrogen) atoms. The van der Waals surface area contributed by atoms with Crippen LogP contribution in [0.1, 0.15) is 35.2 Å². The average molecular weight is 380 g/mol. The van der Waals surface area contributed by atoms with Crippen molar-refractivity contribution >= 4 is 23.1 Å². The van der Waals surface area contributed by atoms with E-state index >= 15 is 0 Å². The molecule has 2 aliphatic rings. The van der Waals surface area contributed by atoms with Gasteiger partial charge in [-0.25, -0.2) is 9.97 Å². The number of aromatic nitrogens is 2. The van der Waals surface area contributed by atoms with Crippen LogP contribution in [0.2, 0.25) is 0 Å². The Labute approximate surface area is 166 Å². The largest absolute Gasteiger partial charge is 0.368 e. The normalized spacial score (nSPS) is 19.1. The highest BCUT2D eigenvalue weighted by Gasteiger charge is 2.30. The minimum atomic E-state index is -0.143. The zero-order chi connectivity index (χ0) is 19.8. The van der Waals surface area contributed by atoms with Crippen molar-refractivity contribution < 1.29 is 4.79 Å². The SMILES string of the molecule is CCN1CCN(C(=O)c2nc(C)c(C)c(N3CC[C@@H](N)C3)n2)c2ccccc21. The second kappa shape index (κ2) is 7.39. The molecule has 2 aliphatic heterocycles. The highest BCUT2D eigenvalue weighted by atomic mass is 16.2. The number of hydrogen-bond acceptors (Lipinski definition) is 6. The number of amides is 1. The molecule has 1 amide bonds. The molecule has 1 atom stereocenters. The van der Waals surface area contributed by atoms with Crippen LogP contribution in [0.3, 0.4) is 0 Å². The van der Waals surface area contributed by atoms with E-state index in [1.165, 1.54) is 0 Å². The zero-order valence-corrected chi connectivity index (χ0v) is 16.9. The van der Waals surface area contributed by atoms with Gasteiger partial charge in [0.25, 0.3) is 5.91 Å². The highest BCUT2D eigenvalue weighted by molar-refractivity contribution is 6.06. The van der Waals surface area contributed by atoms with Crippen LogP contribution < -0.4 is 20.4 Å². The maximum atomic E-state index is 13.4. The fourth-order valence-electron chi connectivity index (χ4n) is 4.08. The van der Waals surface area contributed by atoms with Crippen molar-refractivity contribution in [3.05, 3.63) is 41.3 Å². The highest BCUT2D eigenvalue weighted by Crippen LogP contribution is 2.33. The molecule has 0 spiro atoms. The second-order valence-electron chi connectivity index (χ2n) is 7.60. The van der Waals surface area contributed by atoms with E-state index in [9.17, 15) is 4.79 Å². The standard InChI is InChI=1S/C21H28N6O/c1-4-25-11-12-27(18-8-6-5-7-17(18)25)21(28)19-23-15(3)14(2)20(24-19)26-10-9-16(22)13-26/h5-8,16H,4,9-13,22H2,1-3H3/t16-/m1/s1. The fraction of sp³-hybridized carbons (Fsp3) is 0.476. The van der Waals surface area contributed by atoms with Crippen LogP contribution in [0.4, 0.5) is 17.2 Å². The molecule has 0 radical (unpaired) electrons. The lowest BCUT2D eigenvalue weighted by Crippen LogP contribution is -2.44. The Morgan fingerprint density at radius 1 is 1.14 bits per heavy atom. The van der Waals surface area contributed by atoms with Gasteiger partial charge in [-0.05, 0) is 39.3 Å². The van der Waals surface area contributed by atoms with Gasteiger partial charge < -0.3 is 20.4 Å². The Morgan fingerprint density at radius 3 is 2.57 bits per heavy atom. The summed E-state index contributed by atoms with van der Waals surface area (Å²) in [7, 11) is 0. The number of benzene rings is 1. The summed E-state index contributed by atoms with van der Waals surface area (Å²) in [6.07, 6.45) is 0.943. The van der Waals surface area contributed by atoms with E-state index in [0.29, 0.717) is 6.54 Å². The number of likely N-dealkylation sites (N-methyl/N-ethyl adjacent to an activating group) is 1. The van der Waals surface area contributed by atoms with Crippen molar-refractivity contribution in [3.8, 4) is 0 Å². The van der Waals surface area contributed by atoms with Crippen molar-refractivity contribution in [2.45, 2.75) is 33.2 Å². The van der Waals surface area contributed by atoms with E-state index < -0.39 is 0 Å².